The Morgan fingerprint density at radius 2 is 1.74 bits per heavy atom. The molecule has 8 nitrogen and oxygen atoms in total. The second-order valence-electron chi connectivity index (χ2n) is 5.81. The van der Waals surface area contributed by atoms with Crippen LogP contribution >= 0.6 is 0 Å². The number of nitrogens with zero attached hydrogens (tertiary/aromatic N) is 3. The van der Waals surface area contributed by atoms with Crippen LogP contribution in [0.5, 0.6) is 0 Å². The Morgan fingerprint density at radius 3 is 2.52 bits per heavy atom. The number of carbonyl (C=O) groups excluding carboxylic acids is 1. The molecule has 27 heavy (non-hydrogen) atoms. The quantitative estimate of drug-likeness (QED) is 0.556. The summed E-state index contributed by atoms with van der Waals surface area (Å²) in [6.07, 6.45) is -0.782. The largest absolute Gasteiger partial charge is 0.448 e. The first kappa shape index (κ1) is 16.6. The molecule has 0 spiro atoms. The van der Waals surface area contributed by atoms with Gasteiger partial charge < -0.3 is 9.15 Å². The molecule has 2 aromatic carbocycles. The molecule has 0 saturated heterocycles. The van der Waals surface area contributed by atoms with E-state index >= 15 is 0 Å². The Labute approximate surface area is 152 Å². The van der Waals surface area contributed by atoms with Crippen molar-refractivity contribution in [1.29, 1.82) is 0 Å². The molecule has 1 N–H and O–H groups in total. The second-order valence-corrected chi connectivity index (χ2v) is 5.81. The van der Waals surface area contributed by atoms with Gasteiger partial charge in [-0.05, 0) is 25.1 Å². The maximum absolute atomic E-state index is 12.5. The van der Waals surface area contributed by atoms with Crippen LogP contribution in [-0.2, 0) is 4.74 Å². The number of H-pyrrole nitrogens is 1. The maximum atomic E-state index is 12.5. The lowest BCUT2D eigenvalue weighted by molar-refractivity contribution is 0.0274. The van der Waals surface area contributed by atoms with E-state index in [1.54, 1.807) is 31.2 Å². The van der Waals surface area contributed by atoms with Crippen molar-refractivity contribution in [2.24, 2.45) is 0 Å². The average Bonchev–Trinajstić information content (AvgIpc) is 3.19. The Kier molecular flexibility index (Phi) is 4.21. The first-order chi connectivity index (χ1) is 13.1. The second kappa shape index (κ2) is 6.83. The molecule has 0 fully saturated rings. The van der Waals surface area contributed by atoms with Crippen LogP contribution < -0.4 is 5.56 Å². The van der Waals surface area contributed by atoms with Crippen molar-refractivity contribution in [3.63, 3.8) is 0 Å². The smallest absolute Gasteiger partial charge is 0.360 e. The average molecular weight is 362 g/mol. The fourth-order valence-corrected chi connectivity index (χ4v) is 2.63. The highest BCUT2D eigenvalue weighted by molar-refractivity contribution is 6.02. The van der Waals surface area contributed by atoms with Crippen molar-refractivity contribution in [3.8, 4) is 11.5 Å². The molecule has 0 aliphatic carbocycles. The summed E-state index contributed by atoms with van der Waals surface area (Å²) in [5.74, 6) is -0.202. The molecule has 0 aliphatic rings. The lowest BCUT2D eigenvalue weighted by Gasteiger charge is -2.10. The molecule has 0 aliphatic heterocycles. The van der Waals surface area contributed by atoms with E-state index in [0.29, 0.717) is 16.7 Å². The Morgan fingerprint density at radius 1 is 1.04 bits per heavy atom. The summed E-state index contributed by atoms with van der Waals surface area (Å²) in [6, 6.07) is 15.9. The molecule has 0 saturated carbocycles. The maximum Gasteiger partial charge on any atom is 0.360 e. The number of ether oxygens (including phenoxy) is 1. The van der Waals surface area contributed by atoms with Gasteiger partial charge in [-0.1, -0.05) is 36.4 Å². The molecule has 0 amide bonds. The van der Waals surface area contributed by atoms with E-state index in [0.717, 1.165) is 5.56 Å². The summed E-state index contributed by atoms with van der Waals surface area (Å²) in [5, 5.41) is 14.8. The fraction of sp³-hybridized carbons (Fsp3) is 0.105. The summed E-state index contributed by atoms with van der Waals surface area (Å²) in [5.41, 5.74) is 0.405. The molecule has 2 heterocycles. The van der Waals surface area contributed by atoms with E-state index in [4.69, 9.17) is 9.15 Å². The Bertz CT molecular complexity index is 1170. The van der Waals surface area contributed by atoms with Crippen LogP contribution in [0.3, 0.4) is 0 Å². The number of benzene rings is 2. The third-order valence-electron chi connectivity index (χ3n) is 3.98. The van der Waals surface area contributed by atoms with Crippen LogP contribution in [0.4, 0.5) is 0 Å². The number of hydrogen-bond acceptors (Lipinski definition) is 7. The highest BCUT2D eigenvalue weighted by Gasteiger charge is 2.22. The SMILES string of the molecule is C[C@H](OC(=O)c1n[nH]c(=O)c2ccccc12)c1nnc(-c2ccccc2)o1. The summed E-state index contributed by atoms with van der Waals surface area (Å²) < 4.78 is 11.0. The van der Waals surface area contributed by atoms with Gasteiger partial charge in [0, 0.05) is 10.9 Å². The summed E-state index contributed by atoms with van der Waals surface area (Å²) in [6.45, 7) is 1.62. The van der Waals surface area contributed by atoms with Gasteiger partial charge in [0.05, 0.1) is 5.39 Å². The molecular formula is C19H14N4O4. The molecule has 134 valence electrons. The predicted octanol–water partition coefficient (Wildman–Crippen LogP) is 2.89. The van der Waals surface area contributed by atoms with Crippen LogP contribution in [0.2, 0.25) is 0 Å². The Balaban J connectivity index is 1.58. The first-order valence-electron chi connectivity index (χ1n) is 8.20. The van der Waals surface area contributed by atoms with Gasteiger partial charge in [-0.15, -0.1) is 10.2 Å². The Hall–Kier alpha value is -3.81. The molecule has 2 aromatic heterocycles. The first-order valence-corrected chi connectivity index (χ1v) is 8.20. The van der Waals surface area contributed by atoms with Crippen LogP contribution in [0, 0.1) is 0 Å². The molecule has 4 rings (SSSR count). The molecule has 1 atom stereocenters. The van der Waals surface area contributed by atoms with Gasteiger partial charge in [-0.3, -0.25) is 4.79 Å². The zero-order valence-corrected chi connectivity index (χ0v) is 14.2. The number of aromatic nitrogens is 4. The highest BCUT2D eigenvalue weighted by Crippen LogP contribution is 2.23. The number of fused-ring (bicyclic) bond motifs is 1. The number of carbonyl (C=O) groups is 1. The van der Waals surface area contributed by atoms with E-state index in [1.807, 2.05) is 30.3 Å². The monoisotopic (exact) mass is 362 g/mol. The van der Waals surface area contributed by atoms with Crippen molar-refractivity contribution in [2.45, 2.75) is 13.0 Å². The summed E-state index contributed by atoms with van der Waals surface area (Å²) in [7, 11) is 0. The standard InChI is InChI=1S/C19H14N4O4/c1-11(17-22-23-18(27-17)12-7-3-2-4-8-12)26-19(25)15-13-9-5-6-10-14(13)16(24)21-20-15/h2-11H,1H3,(H,21,24)/t11-/m0/s1. The third-order valence-corrected chi connectivity index (χ3v) is 3.98. The third kappa shape index (κ3) is 3.20. The van der Waals surface area contributed by atoms with Gasteiger partial charge in [0.1, 0.15) is 0 Å². The van der Waals surface area contributed by atoms with Crippen molar-refractivity contribution >= 4 is 16.7 Å². The predicted molar refractivity (Wildman–Crippen MR) is 95.9 cm³/mol. The number of nitrogens with one attached hydrogen (secondary N) is 1. The molecule has 8 heteroatoms. The number of aromatic amines is 1. The van der Waals surface area contributed by atoms with E-state index in [1.165, 1.54) is 0 Å². The topological polar surface area (TPSA) is 111 Å². The van der Waals surface area contributed by atoms with Crippen LogP contribution in [-0.4, -0.2) is 26.4 Å². The van der Waals surface area contributed by atoms with Gasteiger partial charge in [-0.25, -0.2) is 9.89 Å². The van der Waals surface area contributed by atoms with Crippen molar-refractivity contribution in [2.75, 3.05) is 0 Å². The molecule has 4 aromatic rings. The number of rotatable bonds is 4. The summed E-state index contributed by atoms with van der Waals surface area (Å²) in [4.78, 5) is 24.4. The van der Waals surface area contributed by atoms with Gasteiger partial charge in [0.15, 0.2) is 11.8 Å². The number of esters is 1. The number of hydrogen-bond donors (Lipinski definition) is 1. The molecule has 0 bridgehead atoms. The minimum atomic E-state index is -0.782. The molecule has 0 unspecified atom stereocenters. The normalized spacial score (nSPS) is 12.0. The van der Waals surface area contributed by atoms with Gasteiger partial charge >= 0.3 is 5.97 Å². The molecule has 0 radical (unpaired) electrons. The van der Waals surface area contributed by atoms with Gasteiger partial charge in [-0.2, -0.15) is 5.10 Å². The van der Waals surface area contributed by atoms with E-state index in [2.05, 4.69) is 20.4 Å². The zero-order chi connectivity index (χ0) is 18.8. The lowest BCUT2D eigenvalue weighted by atomic mass is 10.1. The van der Waals surface area contributed by atoms with E-state index in [-0.39, 0.29) is 17.1 Å². The van der Waals surface area contributed by atoms with Gasteiger partial charge in [0.25, 0.3) is 11.4 Å². The van der Waals surface area contributed by atoms with Crippen LogP contribution in [0.1, 0.15) is 29.4 Å². The highest BCUT2D eigenvalue weighted by atomic mass is 16.6. The van der Waals surface area contributed by atoms with Crippen molar-refractivity contribution in [3.05, 3.63) is 76.5 Å². The summed E-state index contributed by atoms with van der Waals surface area (Å²) >= 11 is 0. The van der Waals surface area contributed by atoms with E-state index < -0.39 is 12.1 Å². The molecular weight excluding hydrogens is 348 g/mol. The van der Waals surface area contributed by atoms with Gasteiger partial charge in [0.2, 0.25) is 5.89 Å². The minimum Gasteiger partial charge on any atom is -0.448 e. The minimum absolute atomic E-state index is 0.0137. The fourth-order valence-electron chi connectivity index (χ4n) is 2.63. The van der Waals surface area contributed by atoms with E-state index in [9.17, 15) is 9.59 Å². The van der Waals surface area contributed by atoms with Crippen molar-refractivity contribution in [1.82, 2.24) is 20.4 Å². The van der Waals surface area contributed by atoms with Crippen LogP contribution in [0.15, 0.2) is 63.8 Å². The van der Waals surface area contributed by atoms with Crippen LogP contribution in [0.25, 0.3) is 22.2 Å². The zero-order valence-electron chi connectivity index (χ0n) is 14.2. The lowest BCUT2D eigenvalue weighted by Crippen LogP contribution is -2.17. The van der Waals surface area contributed by atoms with Crippen molar-refractivity contribution < 1.29 is 13.9 Å².